The van der Waals surface area contributed by atoms with Gasteiger partial charge < -0.3 is 0 Å². The Hall–Kier alpha value is -2.23. The van der Waals surface area contributed by atoms with Gasteiger partial charge in [-0.05, 0) is 45.2 Å². The van der Waals surface area contributed by atoms with Gasteiger partial charge in [0, 0.05) is 17.0 Å². The standard InChI is InChI=1S/C14H16ClN5O3S/c1-8-6-9(2)18-14(17-8)20-19-13(21)10-4-5-11(15)12(7-10)24(22,23)16-3/h4-7,16H,1-3H3,(H,19,21)(H,17,18,20). The molecule has 1 heterocycles. The third-order valence-electron chi connectivity index (χ3n) is 3.02. The van der Waals surface area contributed by atoms with E-state index in [4.69, 9.17) is 11.6 Å². The van der Waals surface area contributed by atoms with E-state index in [0.717, 1.165) is 11.4 Å². The van der Waals surface area contributed by atoms with E-state index in [1.807, 2.05) is 0 Å². The first-order valence-electron chi connectivity index (χ1n) is 6.84. The van der Waals surface area contributed by atoms with Crippen LogP contribution in [0.2, 0.25) is 5.02 Å². The first-order chi connectivity index (χ1) is 11.2. The molecule has 0 aliphatic rings. The normalized spacial score (nSPS) is 11.2. The van der Waals surface area contributed by atoms with E-state index in [-0.39, 0.29) is 21.4 Å². The van der Waals surface area contributed by atoms with Gasteiger partial charge in [-0.1, -0.05) is 11.6 Å². The van der Waals surface area contributed by atoms with E-state index >= 15 is 0 Å². The van der Waals surface area contributed by atoms with Gasteiger partial charge in [-0.3, -0.25) is 15.6 Å². The topological polar surface area (TPSA) is 113 Å². The highest BCUT2D eigenvalue weighted by Gasteiger charge is 2.18. The second-order valence-corrected chi connectivity index (χ2v) is 7.17. The van der Waals surface area contributed by atoms with Gasteiger partial charge in [0.15, 0.2) is 0 Å². The van der Waals surface area contributed by atoms with Crippen LogP contribution in [0.4, 0.5) is 5.95 Å². The lowest BCUT2D eigenvalue weighted by Gasteiger charge is -2.10. The molecule has 1 amide bonds. The van der Waals surface area contributed by atoms with Gasteiger partial charge in [0.25, 0.3) is 5.91 Å². The first kappa shape index (κ1) is 18.1. The largest absolute Gasteiger partial charge is 0.269 e. The zero-order valence-corrected chi connectivity index (χ0v) is 14.8. The molecule has 24 heavy (non-hydrogen) atoms. The molecule has 1 aromatic heterocycles. The summed E-state index contributed by atoms with van der Waals surface area (Å²) in [7, 11) is -2.51. The highest BCUT2D eigenvalue weighted by atomic mass is 35.5. The zero-order valence-electron chi connectivity index (χ0n) is 13.2. The van der Waals surface area contributed by atoms with Gasteiger partial charge in [0.1, 0.15) is 4.90 Å². The van der Waals surface area contributed by atoms with Crippen molar-refractivity contribution in [3.63, 3.8) is 0 Å². The van der Waals surface area contributed by atoms with Crippen LogP contribution in [0.15, 0.2) is 29.2 Å². The minimum Gasteiger partial charge on any atom is -0.267 e. The Labute approximate surface area is 144 Å². The number of nitrogens with zero attached hydrogens (tertiary/aromatic N) is 2. The number of rotatable bonds is 5. The Bertz CT molecular complexity index is 866. The molecule has 2 rings (SSSR count). The van der Waals surface area contributed by atoms with E-state index in [1.54, 1.807) is 19.9 Å². The van der Waals surface area contributed by atoms with Crippen LogP contribution in [-0.2, 0) is 10.0 Å². The maximum absolute atomic E-state index is 12.2. The molecule has 0 saturated carbocycles. The predicted octanol–water partition coefficient (Wildman–Crippen LogP) is 1.41. The Balaban J connectivity index is 2.20. The minimum atomic E-state index is -3.77. The number of anilines is 1. The maximum Gasteiger partial charge on any atom is 0.269 e. The summed E-state index contributed by atoms with van der Waals surface area (Å²) in [6, 6.07) is 5.74. The summed E-state index contributed by atoms with van der Waals surface area (Å²) in [6.45, 7) is 3.60. The van der Waals surface area contributed by atoms with Crippen LogP contribution in [0.5, 0.6) is 0 Å². The molecule has 8 nitrogen and oxygen atoms in total. The molecular formula is C14H16ClN5O3S. The molecule has 0 aliphatic carbocycles. The van der Waals surface area contributed by atoms with Crippen LogP contribution in [0, 0.1) is 13.8 Å². The smallest absolute Gasteiger partial charge is 0.267 e. The number of hydrogen-bond donors (Lipinski definition) is 3. The number of carbonyl (C=O) groups is 1. The molecule has 2 aromatic rings. The molecule has 0 fully saturated rings. The molecule has 0 aliphatic heterocycles. The molecule has 0 unspecified atom stereocenters. The summed E-state index contributed by atoms with van der Waals surface area (Å²) in [5.41, 5.74) is 6.61. The number of halogens is 1. The summed E-state index contributed by atoms with van der Waals surface area (Å²) < 4.78 is 25.9. The van der Waals surface area contributed by atoms with Crippen molar-refractivity contribution in [2.24, 2.45) is 0 Å². The fourth-order valence-electron chi connectivity index (χ4n) is 1.93. The molecule has 10 heteroatoms. The maximum atomic E-state index is 12.2. The van der Waals surface area contributed by atoms with Crippen LogP contribution >= 0.6 is 11.6 Å². The second kappa shape index (κ2) is 7.12. The van der Waals surface area contributed by atoms with Crippen molar-refractivity contribution >= 4 is 33.5 Å². The van der Waals surface area contributed by atoms with E-state index in [9.17, 15) is 13.2 Å². The first-order valence-corrected chi connectivity index (χ1v) is 8.71. The molecule has 3 N–H and O–H groups in total. The monoisotopic (exact) mass is 369 g/mol. The highest BCUT2D eigenvalue weighted by molar-refractivity contribution is 7.89. The fourth-order valence-corrected chi connectivity index (χ4v) is 3.18. The quantitative estimate of drug-likeness (QED) is 0.687. The lowest BCUT2D eigenvalue weighted by atomic mass is 10.2. The molecule has 0 bridgehead atoms. The Morgan fingerprint density at radius 1 is 1.12 bits per heavy atom. The minimum absolute atomic E-state index is 0.0199. The Morgan fingerprint density at radius 3 is 2.33 bits per heavy atom. The summed E-state index contributed by atoms with van der Waals surface area (Å²) in [5, 5.41) is 0.0199. The molecule has 1 aromatic carbocycles. The summed E-state index contributed by atoms with van der Waals surface area (Å²) in [5.74, 6) is -0.320. The van der Waals surface area contributed by atoms with E-state index < -0.39 is 15.9 Å². The van der Waals surface area contributed by atoms with Gasteiger partial charge >= 0.3 is 0 Å². The predicted molar refractivity (Wildman–Crippen MR) is 90.3 cm³/mol. The number of carbonyl (C=O) groups excluding carboxylic acids is 1. The molecular weight excluding hydrogens is 354 g/mol. The van der Waals surface area contributed by atoms with Crippen molar-refractivity contribution in [2.45, 2.75) is 18.7 Å². The summed E-state index contributed by atoms with van der Waals surface area (Å²) in [4.78, 5) is 20.2. The number of aromatic nitrogens is 2. The summed E-state index contributed by atoms with van der Waals surface area (Å²) >= 11 is 5.89. The number of hydrogen-bond acceptors (Lipinski definition) is 6. The summed E-state index contributed by atoms with van der Waals surface area (Å²) in [6.07, 6.45) is 0. The van der Waals surface area contributed by atoms with Gasteiger partial charge in [-0.25, -0.2) is 23.1 Å². The Morgan fingerprint density at radius 2 is 1.75 bits per heavy atom. The third kappa shape index (κ3) is 4.19. The molecule has 0 saturated heterocycles. The average molecular weight is 370 g/mol. The lowest BCUT2D eigenvalue weighted by molar-refractivity contribution is 0.0962. The number of aryl methyl sites for hydroxylation is 2. The third-order valence-corrected chi connectivity index (χ3v) is 4.92. The number of hydrazine groups is 1. The molecule has 0 spiro atoms. The van der Waals surface area contributed by atoms with Crippen LogP contribution < -0.4 is 15.6 Å². The highest BCUT2D eigenvalue weighted by Crippen LogP contribution is 2.22. The second-order valence-electron chi connectivity index (χ2n) is 4.91. The lowest BCUT2D eigenvalue weighted by Crippen LogP contribution is -2.31. The van der Waals surface area contributed by atoms with Gasteiger partial charge in [0.05, 0.1) is 5.02 Å². The molecule has 0 atom stereocenters. The van der Waals surface area contributed by atoms with Crippen LogP contribution in [0.1, 0.15) is 21.7 Å². The van der Waals surface area contributed by atoms with Crippen LogP contribution in [-0.4, -0.2) is 31.3 Å². The van der Waals surface area contributed by atoms with Crippen molar-refractivity contribution in [2.75, 3.05) is 12.5 Å². The van der Waals surface area contributed by atoms with Crippen molar-refractivity contribution in [1.29, 1.82) is 0 Å². The van der Waals surface area contributed by atoms with Crippen molar-refractivity contribution < 1.29 is 13.2 Å². The van der Waals surface area contributed by atoms with Crippen LogP contribution in [0.25, 0.3) is 0 Å². The van der Waals surface area contributed by atoms with Crippen molar-refractivity contribution in [3.05, 3.63) is 46.2 Å². The van der Waals surface area contributed by atoms with Gasteiger partial charge in [-0.15, -0.1) is 0 Å². The fraction of sp³-hybridized carbons (Fsp3) is 0.214. The number of benzene rings is 1. The SMILES string of the molecule is CNS(=O)(=O)c1cc(C(=O)NNc2nc(C)cc(C)n2)ccc1Cl. The zero-order chi connectivity index (χ0) is 17.9. The Kier molecular flexibility index (Phi) is 5.37. The number of nitrogens with one attached hydrogen (secondary N) is 3. The van der Waals surface area contributed by atoms with E-state index in [1.165, 1.54) is 25.2 Å². The number of amides is 1. The van der Waals surface area contributed by atoms with Crippen molar-refractivity contribution in [1.82, 2.24) is 20.1 Å². The van der Waals surface area contributed by atoms with E-state index in [0.29, 0.717) is 0 Å². The average Bonchev–Trinajstić information content (AvgIpc) is 2.52. The molecule has 0 radical (unpaired) electrons. The van der Waals surface area contributed by atoms with Crippen LogP contribution in [0.3, 0.4) is 0 Å². The van der Waals surface area contributed by atoms with E-state index in [2.05, 4.69) is 25.5 Å². The number of sulfonamides is 1. The van der Waals surface area contributed by atoms with Gasteiger partial charge in [0.2, 0.25) is 16.0 Å². The van der Waals surface area contributed by atoms with Crippen molar-refractivity contribution in [3.8, 4) is 0 Å². The molecule has 128 valence electrons. The van der Waals surface area contributed by atoms with Gasteiger partial charge in [-0.2, -0.15) is 0 Å².